The second-order valence-electron chi connectivity index (χ2n) is 9.51. The molecule has 4 rings (SSSR count). The van der Waals surface area contributed by atoms with E-state index in [0.29, 0.717) is 29.8 Å². The van der Waals surface area contributed by atoms with Crippen LogP contribution in [-0.2, 0) is 4.74 Å². The van der Waals surface area contributed by atoms with E-state index in [1.165, 1.54) is 19.3 Å². The third-order valence-electron chi connectivity index (χ3n) is 8.64. The van der Waals surface area contributed by atoms with Crippen molar-refractivity contribution in [3.63, 3.8) is 0 Å². The predicted octanol–water partition coefficient (Wildman–Crippen LogP) is 5.52. The Kier molecular flexibility index (Phi) is 8.80. The van der Waals surface area contributed by atoms with Gasteiger partial charge in [0.1, 0.15) is 5.60 Å². The summed E-state index contributed by atoms with van der Waals surface area (Å²) in [7, 11) is 2.85. The largest absolute Gasteiger partial charge is 0.400 e. The summed E-state index contributed by atoms with van der Waals surface area (Å²) >= 11 is 0. The molecule has 7 unspecified atom stereocenters. The van der Waals surface area contributed by atoms with E-state index in [0.717, 1.165) is 45.6 Å². The van der Waals surface area contributed by atoms with Crippen LogP contribution in [0.25, 0.3) is 0 Å². The topological polar surface area (TPSA) is 49.7 Å². The zero-order chi connectivity index (χ0) is 22.5. The Morgan fingerprint density at radius 3 is 2.53 bits per heavy atom. The van der Waals surface area contributed by atoms with Crippen LogP contribution in [0.3, 0.4) is 0 Å². The molecule has 0 aromatic rings. The molecule has 3 heteroatoms. The lowest BCUT2D eigenvalue weighted by Crippen LogP contribution is -2.54. The molecule has 0 radical (unpaired) electrons. The number of allylic oxidation sites excluding steroid dienone is 2. The van der Waals surface area contributed by atoms with Gasteiger partial charge in [-0.2, -0.15) is 0 Å². The Hall–Kier alpha value is -1.08. The Balaban J connectivity index is 0.000000757. The summed E-state index contributed by atoms with van der Waals surface area (Å²) in [6.45, 7) is 10.3. The summed E-state index contributed by atoms with van der Waals surface area (Å²) in [6.07, 6.45) is 18.2. The van der Waals surface area contributed by atoms with E-state index < -0.39 is 5.60 Å². The van der Waals surface area contributed by atoms with Crippen molar-refractivity contribution in [1.82, 2.24) is 0 Å². The van der Waals surface area contributed by atoms with Crippen molar-refractivity contribution in [3.8, 4) is 12.3 Å². The number of fused-ring (bicyclic) bond motifs is 4. The van der Waals surface area contributed by atoms with Crippen molar-refractivity contribution in [3.05, 3.63) is 23.8 Å². The molecule has 0 heterocycles. The highest BCUT2D eigenvalue weighted by atomic mass is 16.5. The van der Waals surface area contributed by atoms with E-state index in [2.05, 4.69) is 25.5 Å². The van der Waals surface area contributed by atoms with Crippen LogP contribution in [0, 0.1) is 41.4 Å². The zero-order valence-corrected chi connectivity index (χ0v) is 19.9. The van der Waals surface area contributed by atoms with Gasteiger partial charge in [0.15, 0.2) is 0 Å². The van der Waals surface area contributed by atoms with Crippen molar-refractivity contribution >= 4 is 0 Å². The Morgan fingerprint density at radius 2 is 1.93 bits per heavy atom. The fourth-order valence-corrected chi connectivity index (χ4v) is 7.37. The second kappa shape index (κ2) is 10.5. The third-order valence-corrected chi connectivity index (χ3v) is 8.64. The third kappa shape index (κ3) is 4.04. The highest BCUT2D eigenvalue weighted by molar-refractivity contribution is 5.31. The number of hydrogen-bond acceptors (Lipinski definition) is 3. The molecule has 0 aliphatic heterocycles. The van der Waals surface area contributed by atoms with Crippen molar-refractivity contribution in [1.29, 1.82) is 0 Å². The molecule has 0 aromatic carbocycles. The predicted molar refractivity (Wildman–Crippen MR) is 125 cm³/mol. The molecular weight excluding hydrogens is 372 g/mol. The minimum Gasteiger partial charge on any atom is -0.400 e. The smallest absolute Gasteiger partial charge is 0.130 e. The van der Waals surface area contributed by atoms with E-state index in [9.17, 15) is 5.11 Å². The fraction of sp³-hybridized carbons (Fsp3) is 0.778. The molecule has 4 aliphatic rings. The lowest BCUT2D eigenvalue weighted by atomic mass is 9.49. The van der Waals surface area contributed by atoms with Crippen LogP contribution in [0.15, 0.2) is 23.8 Å². The molecule has 0 saturated heterocycles. The van der Waals surface area contributed by atoms with Crippen molar-refractivity contribution in [2.45, 2.75) is 90.3 Å². The summed E-state index contributed by atoms with van der Waals surface area (Å²) in [5.74, 6) is 5.29. The highest BCUT2D eigenvalue weighted by Gasteiger charge is 2.63. The maximum atomic E-state index is 11.2. The average Bonchev–Trinajstić information content (AvgIpc) is 3.07. The van der Waals surface area contributed by atoms with E-state index in [-0.39, 0.29) is 5.41 Å². The monoisotopic (exact) mass is 416 g/mol. The highest BCUT2D eigenvalue weighted by Crippen LogP contribution is 2.66. The first-order valence-corrected chi connectivity index (χ1v) is 12.0. The van der Waals surface area contributed by atoms with Crippen LogP contribution in [0.1, 0.15) is 78.6 Å². The molecule has 0 aromatic heterocycles. The molecule has 2 saturated carbocycles. The number of ether oxygens (including phenoxy) is 1. The molecule has 0 spiro atoms. The second-order valence-corrected chi connectivity index (χ2v) is 9.51. The van der Waals surface area contributed by atoms with Crippen molar-refractivity contribution < 1.29 is 14.9 Å². The molecule has 2 fully saturated rings. The lowest BCUT2D eigenvalue weighted by molar-refractivity contribution is -0.0928. The van der Waals surface area contributed by atoms with Crippen LogP contribution in [0.2, 0.25) is 0 Å². The number of methoxy groups -OCH3 is 1. The first-order chi connectivity index (χ1) is 14.5. The SMILES string of the molecule is C#CC1(O)CCC2C3CCC4=C(CCC(OC)C4)C3C(CC=C)CC21C.CC.CO. The first kappa shape index (κ1) is 25.2. The van der Waals surface area contributed by atoms with E-state index in [1.54, 1.807) is 11.1 Å². The minimum atomic E-state index is -0.926. The lowest BCUT2D eigenvalue weighted by Gasteiger charge is -2.56. The van der Waals surface area contributed by atoms with Gasteiger partial charge >= 0.3 is 0 Å². The van der Waals surface area contributed by atoms with Crippen LogP contribution in [0.4, 0.5) is 0 Å². The summed E-state index contributed by atoms with van der Waals surface area (Å²) in [5.41, 5.74) is 2.37. The maximum absolute atomic E-state index is 11.2. The van der Waals surface area contributed by atoms with Crippen LogP contribution in [-0.4, -0.2) is 36.1 Å². The standard InChI is InChI=1S/C24H34O2.C2H6.CH4O/c1-5-7-17-15-23(3)21(12-13-24(23,25)6-2)20-10-8-16-14-18(26-4)9-11-19(16)22(17)20;2*1-2/h2,5,17-18,20-22,25H,1,7-15H2,3-4H3;1-2H3;2H,1H3. The Morgan fingerprint density at radius 1 is 1.23 bits per heavy atom. The molecule has 7 atom stereocenters. The summed E-state index contributed by atoms with van der Waals surface area (Å²) < 4.78 is 5.67. The number of aliphatic hydroxyl groups is 2. The molecular formula is C27H44O3. The number of aliphatic hydroxyl groups excluding tert-OH is 1. The molecule has 3 nitrogen and oxygen atoms in total. The Labute approximate surface area is 185 Å². The molecule has 170 valence electrons. The molecule has 0 amide bonds. The minimum absolute atomic E-state index is 0.140. The number of rotatable bonds is 3. The van der Waals surface area contributed by atoms with Crippen LogP contribution in [0.5, 0.6) is 0 Å². The first-order valence-electron chi connectivity index (χ1n) is 12.0. The molecule has 0 bridgehead atoms. The average molecular weight is 417 g/mol. The number of hydrogen-bond donors (Lipinski definition) is 2. The van der Waals surface area contributed by atoms with Gasteiger partial charge in [-0.3, -0.25) is 0 Å². The van der Waals surface area contributed by atoms with Crippen molar-refractivity contribution in [2.24, 2.45) is 29.1 Å². The van der Waals surface area contributed by atoms with Gasteiger partial charge in [0.2, 0.25) is 0 Å². The van der Waals surface area contributed by atoms with Gasteiger partial charge in [0.05, 0.1) is 6.10 Å². The molecule has 30 heavy (non-hydrogen) atoms. The van der Waals surface area contributed by atoms with E-state index in [1.807, 2.05) is 21.0 Å². The van der Waals surface area contributed by atoms with Crippen LogP contribution >= 0.6 is 0 Å². The van der Waals surface area contributed by atoms with Gasteiger partial charge in [-0.1, -0.05) is 43.9 Å². The summed E-state index contributed by atoms with van der Waals surface area (Å²) in [4.78, 5) is 0. The summed E-state index contributed by atoms with van der Waals surface area (Å²) in [5, 5.41) is 18.2. The van der Waals surface area contributed by atoms with Gasteiger partial charge < -0.3 is 14.9 Å². The van der Waals surface area contributed by atoms with E-state index in [4.69, 9.17) is 16.3 Å². The quantitative estimate of drug-likeness (QED) is 0.470. The van der Waals surface area contributed by atoms with Crippen molar-refractivity contribution in [2.75, 3.05) is 14.2 Å². The normalized spacial score (nSPS) is 41.6. The van der Waals surface area contributed by atoms with Crippen LogP contribution < -0.4 is 0 Å². The van der Waals surface area contributed by atoms with Gasteiger partial charge in [-0.05, 0) is 81.5 Å². The van der Waals surface area contributed by atoms with Gasteiger partial charge in [-0.15, -0.1) is 13.0 Å². The fourth-order valence-electron chi connectivity index (χ4n) is 7.37. The molecule has 4 aliphatic carbocycles. The molecule has 2 N–H and O–H groups in total. The number of terminal acetylenes is 1. The van der Waals surface area contributed by atoms with Gasteiger partial charge in [0, 0.05) is 19.6 Å². The van der Waals surface area contributed by atoms with E-state index >= 15 is 0 Å². The summed E-state index contributed by atoms with van der Waals surface area (Å²) in [6, 6.07) is 0. The van der Waals surface area contributed by atoms with Gasteiger partial charge in [-0.25, -0.2) is 0 Å². The maximum Gasteiger partial charge on any atom is 0.130 e. The Bertz CT molecular complexity index is 660. The van der Waals surface area contributed by atoms with Gasteiger partial charge in [0.25, 0.3) is 0 Å². The zero-order valence-electron chi connectivity index (χ0n) is 19.9.